The van der Waals surface area contributed by atoms with E-state index < -0.39 is 0 Å². The molecule has 0 aliphatic rings. The van der Waals surface area contributed by atoms with E-state index in [1.807, 2.05) is 72.8 Å². The second kappa shape index (κ2) is 18.0. The van der Waals surface area contributed by atoms with Gasteiger partial charge in [0.15, 0.2) is 0 Å². The molecule has 0 amide bonds. The van der Waals surface area contributed by atoms with Gasteiger partial charge in [-0.25, -0.2) is 0 Å². The van der Waals surface area contributed by atoms with E-state index in [-0.39, 0.29) is 0 Å². The maximum absolute atomic E-state index is 2.12. The van der Waals surface area contributed by atoms with Gasteiger partial charge in [0.25, 0.3) is 0 Å². The van der Waals surface area contributed by atoms with Crippen LogP contribution in [-0.2, 0) is 0 Å². The fourth-order valence-corrected chi connectivity index (χ4v) is 4.17. The van der Waals surface area contributed by atoms with Gasteiger partial charge >= 0.3 is 0 Å². The van der Waals surface area contributed by atoms with Crippen molar-refractivity contribution < 1.29 is 0 Å². The first-order valence-electron chi connectivity index (χ1n) is 14.2. The maximum Gasteiger partial charge on any atom is -0.0184 e. The highest BCUT2D eigenvalue weighted by Crippen LogP contribution is 2.19. The first-order valence-corrected chi connectivity index (χ1v) is 14.2. The molecule has 0 heteroatoms. The zero-order chi connectivity index (χ0) is 28.9. The van der Waals surface area contributed by atoms with Crippen molar-refractivity contribution in [3.63, 3.8) is 0 Å². The lowest BCUT2D eigenvalue weighted by molar-refractivity contribution is 1.62. The smallest absolute Gasteiger partial charge is 0.0184 e. The number of hydrogen-bond acceptors (Lipinski definition) is 0. The average molecular weight is 541 g/mol. The molecule has 7 rings (SSSR count). The molecule has 0 nitrogen and oxygen atoms in total. The van der Waals surface area contributed by atoms with Crippen molar-refractivity contribution in [2.45, 2.75) is 0 Å². The van der Waals surface area contributed by atoms with Crippen molar-refractivity contribution in [1.82, 2.24) is 0 Å². The molecule has 7 aromatic rings. The molecule has 0 bridgehead atoms. The molecule has 0 N–H and O–H groups in total. The summed E-state index contributed by atoms with van der Waals surface area (Å²) in [7, 11) is 0. The van der Waals surface area contributed by atoms with Crippen molar-refractivity contribution in [3.8, 4) is 33.4 Å². The van der Waals surface area contributed by atoms with E-state index in [9.17, 15) is 0 Å². The molecular formula is C42H36. The Labute approximate surface area is 251 Å². The van der Waals surface area contributed by atoms with Crippen LogP contribution in [-0.4, -0.2) is 0 Å². The Hall–Kier alpha value is -5.46. The summed E-state index contributed by atoms with van der Waals surface area (Å²) in [6, 6.07) is 74.3. The van der Waals surface area contributed by atoms with E-state index in [0.717, 1.165) is 0 Å². The van der Waals surface area contributed by atoms with Crippen LogP contribution in [0.4, 0.5) is 0 Å². The van der Waals surface area contributed by atoms with Gasteiger partial charge in [0.05, 0.1) is 0 Å². The third-order valence-electron chi connectivity index (χ3n) is 6.31. The zero-order valence-corrected chi connectivity index (χ0v) is 23.8. The number of rotatable bonds is 3. The summed E-state index contributed by atoms with van der Waals surface area (Å²) in [5.74, 6) is 0. The summed E-state index contributed by atoms with van der Waals surface area (Å²) in [6.45, 7) is 0. The van der Waals surface area contributed by atoms with Crippen LogP contribution in [0.25, 0.3) is 33.4 Å². The molecule has 0 fully saturated rings. The third-order valence-corrected chi connectivity index (χ3v) is 6.31. The fraction of sp³-hybridized carbons (Fsp3) is 0. The fourth-order valence-electron chi connectivity index (χ4n) is 4.17. The van der Waals surface area contributed by atoms with Crippen molar-refractivity contribution in [1.29, 1.82) is 0 Å². The van der Waals surface area contributed by atoms with Gasteiger partial charge in [-0.1, -0.05) is 218 Å². The summed E-state index contributed by atoms with van der Waals surface area (Å²) < 4.78 is 0. The first-order chi connectivity index (χ1) is 20.9. The molecule has 0 saturated heterocycles. The van der Waals surface area contributed by atoms with E-state index in [1.165, 1.54) is 33.4 Å². The van der Waals surface area contributed by atoms with E-state index in [2.05, 4.69) is 146 Å². The Morgan fingerprint density at radius 1 is 0.119 bits per heavy atom. The molecule has 204 valence electrons. The molecule has 0 aliphatic carbocycles. The lowest BCUT2D eigenvalue weighted by Gasteiger charge is -1.98. The standard InChI is InChI=1S/3C12H10.C6H6/c3*1-3-7-11(8-4-1)12-9-5-2-6-10-12;1-2-4-6-5-3-1/h3*1-10H;1-6H. The summed E-state index contributed by atoms with van der Waals surface area (Å²) in [5, 5.41) is 0. The highest BCUT2D eigenvalue weighted by Gasteiger charge is 1.93. The Morgan fingerprint density at radius 2 is 0.214 bits per heavy atom. The van der Waals surface area contributed by atoms with Crippen LogP contribution in [0.2, 0.25) is 0 Å². The van der Waals surface area contributed by atoms with E-state index >= 15 is 0 Å². The van der Waals surface area contributed by atoms with Gasteiger partial charge in [-0.2, -0.15) is 0 Å². The van der Waals surface area contributed by atoms with Gasteiger partial charge < -0.3 is 0 Å². The Kier molecular flexibility index (Phi) is 12.6. The molecule has 0 spiro atoms. The normalized spacial score (nSPS) is 9.43. The van der Waals surface area contributed by atoms with Crippen LogP contribution >= 0.6 is 0 Å². The van der Waals surface area contributed by atoms with Crippen molar-refractivity contribution in [2.75, 3.05) is 0 Å². The lowest BCUT2D eigenvalue weighted by Crippen LogP contribution is -1.73. The van der Waals surface area contributed by atoms with Crippen molar-refractivity contribution in [2.24, 2.45) is 0 Å². The van der Waals surface area contributed by atoms with Crippen LogP contribution in [0.5, 0.6) is 0 Å². The van der Waals surface area contributed by atoms with Gasteiger partial charge in [0.2, 0.25) is 0 Å². The summed E-state index contributed by atoms with van der Waals surface area (Å²) >= 11 is 0. The summed E-state index contributed by atoms with van der Waals surface area (Å²) in [4.78, 5) is 0. The van der Waals surface area contributed by atoms with Crippen molar-refractivity contribution >= 4 is 0 Å². The minimum absolute atomic E-state index is 1.28. The number of benzene rings is 7. The van der Waals surface area contributed by atoms with Crippen LogP contribution in [0.1, 0.15) is 0 Å². The van der Waals surface area contributed by atoms with E-state index in [1.54, 1.807) is 0 Å². The van der Waals surface area contributed by atoms with Crippen LogP contribution in [0.3, 0.4) is 0 Å². The largest absolute Gasteiger partial charge is 0.0623 e. The maximum atomic E-state index is 2.12. The summed E-state index contributed by atoms with van der Waals surface area (Å²) in [5.41, 5.74) is 7.66. The second-order valence-corrected chi connectivity index (χ2v) is 9.35. The van der Waals surface area contributed by atoms with Crippen molar-refractivity contribution in [3.05, 3.63) is 218 Å². The quantitative estimate of drug-likeness (QED) is 0.209. The molecule has 7 aromatic carbocycles. The van der Waals surface area contributed by atoms with E-state index in [0.29, 0.717) is 0 Å². The van der Waals surface area contributed by atoms with Gasteiger partial charge in [-0.05, 0) is 33.4 Å². The highest BCUT2D eigenvalue weighted by atomic mass is 14.0. The van der Waals surface area contributed by atoms with Gasteiger partial charge in [0.1, 0.15) is 0 Å². The topological polar surface area (TPSA) is 0 Å². The minimum Gasteiger partial charge on any atom is -0.0623 e. The molecule has 0 aromatic heterocycles. The highest BCUT2D eigenvalue weighted by molar-refractivity contribution is 5.64. The van der Waals surface area contributed by atoms with Crippen LogP contribution in [0, 0.1) is 0 Å². The Morgan fingerprint density at radius 3 is 0.333 bits per heavy atom. The van der Waals surface area contributed by atoms with Crippen LogP contribution in [0.15, 0.2) is 218 Å². The molecule has 42 heavy (non-hydrogen) atoms. The predicted molar refractivity (Wildman–Crippen MR) is 182 cm³/mol. The van der Waals surface area contributed by atoms with Gasteiger partial charge in [-0.3, -0.25) is 0 Å². The van der Waals surface area contributed by atoms with Gasteiger partial charge in [-0.15, -0.1) is 0 Å². The molecule has 0 unspecified atom stereocenters. The minimum atomic E-state index is 1.28. The molecule has 0 aliphatic heterocycles. The van der Waals surface area contributed by atoms with Gasteiger partial charge in [0, 0.05) is 0 Å². The molecule has 0 atom stereocenters. The third kappa shape index (κ3) is 10.6. The molecular weight excluding hydrogens is 504 g/mol. The first kappa shape index (κ1) is 29.5. The molecule has 0 saturated carbocycles. The average Bonchev–Trinajstić information content (AvgIpc) is 3.12. The SMILES string of the molecule is c1ccc(-c2ccccc2)cc1.c1ccc(-c2ccccc2)cc1.c1ccc(-c2ccccc2)cc1.c1ccccc1. The molecule has 0 heterocycles. The monoisotopic (exact) mass is 540 g/mol. The Balaban J connectivity index is 0.000000132. The summed E-state index contributed by atoms with van der Waals surface area (Å²) in [6.07, 6.45) is 0. The Bertz CT molecular complexity index is 1280. The number of hydrogen-bond donors (Lipinski definition) is 0. The van der Waals surface area contributed by atoms with Crippen LogP contribution < -0.4 is 0 Å². The second-order valence-electron chi connectivity index (χ2n) is 9.35. The van der Waals surface area contributed by atoms with E-state index in [4.69, 9.17) is 0 Å². The predicted octanol–water partition coefficient (Wildman–Crippen LogP) is 11.7. The molecule has 0 radical (unpaired) electrons. The lowest BCUT2D eigenvalue weighted by atomic mass is 10.1. The zero-order valence-electron chi connectivity index (χ0n) is 23.8.